The number of hydrogen-bond acceptors (Lipinski definition) is 3. The molecule has 0 unspecified atom stereocenters. The Morgan fingerprint density at radius 1 is 1.05 bits per heavy atom. The fourth-order valence-electron chi connectivity index (χ4n) is 2.35. The average molecular weight is 297 g/mol. The predicted octanol–water partition coefficient (Wildman–Crippen LogP) is 3.84. The Morgan fingerprint density at radius 2 is 1.73 bits per heavy atom. The highest BCUT2D eigenvalue weighted by molar-refractivity contribution is 5.84. The van der Waals surface area contributed by atoms with Crippen LogP contribution in [0.3, 0.4) is 0 Å². The SMILES string of the molecule is CC(C)(C)c1cccc(C=N[C@H](CO)c2ccccc2)c1O. The van der Waals surface area contributed by atoms with Crippen LogP contribution in [-0.2, 0) is 5.41 Å². The van der Waals surface area contributed by atoms with E-state index in [0.717, 1.165) is 11.1 Å². The van der Waals surface area contributed by atoms with Crippen molar-refractivity contribution in [2.24, 2.45) is 4.99 Å². The molecular weight excluding hydrogens is 274 g/mol. The summed E-state index contributed by atoms with van der Waals surface area (Å²) in [5.74, 6) is 0.253. The first-order chi connectivity index (χ1) is 10.4. The van der Waals surface area contributed by atoms with Crippen LogP contribution in [-0.4, -0.2) is 23.0 Å². The van der Waals surface area contributed by atoms with E-state index in [9.17, 15) is 10.2 Å². The molecule has 2 rings (SSSR count). The average Bonchev–Trinajstić information content (AvgIpc) is 2.49. The molecule has 3 nitrogen and oxygen atoms in total. The van der Waals surface area contributed by atoms with Crippen LogP contribution in [0.25, 0.3) is 0 Å². The fraction of sp³-hybridized carbons (Fsp3) is 0.316. The van der Waals surface area contributed by atoms with Crippen molar-refractivity contribution in [2.45, 2.75) is 32.2 Å². The van der Waals surface area contributed by atoms with Crippen molar-refractivity contribution in [1.29, 1.82) is 0 Å². The monoisotopic (exact) mass is 297 g/mol. The summed E-state index contributed by atoms with van der Waals surface area (Å²) in [6.45, 7) is 6.11. The van der Waals surface area contributed by atoms with Gasteiger partial charge in [-0.3, -0.25) is 4.99 Å². The third-order valence-corrected chi connectivity index (χ3v) is 3.63. The van der Waals surface area contributed by atoms with E-state index in [-0.39, 0.29) is 23.8 Å². The maximum Gasteiger partial charge on any atom is 0.128 e. The fourth-order valence-corrected chi connectivity index (χ4v) is 2.35. The molecule has 2 aromatic rings. The molecule has 2 aromatic carbocycles. The van der Waals surface area contributed by atoms with Crippen LogP contribution in [0.4, 0.5) is 0 Å². The van der Waals surface area contributed by atoms with E-state index >= 15 is 0 Å². The lowest BCUT2D eigenvalue weighted by molar-refractivity contribution is 0.269. The minimum Gasteiger partial charge on any atom is -0.507 e. The van der Waals surface area contributed by atoms with Crippen LogP contribution < -0.4 is 0 Å². The van der Waals surface area contributed by atoms with E-state index in [1.54, 1.807) is 6.21 Å². The largest absolute Gasteiger partial charge is 0.507 e. The maximum atomic E-state index is 10.4. The van der Waals surface area contributed by atoms with E-state index in [0.29, 0.717) is 5.56 Å². The highest BCUT2D eigenvalue weighted by Crippen LogP contribution is 2.32. The zero-order valence-corrected chi connectivity index (χ0v) is 13.3. The van der Waals surface area contributed by atoms with Crippen LogP contribution in [0, 0.1) is 0 Å². The first kappa shape index (κ1) is 16.2. The minimum atomic E-state index is -0.320. The molecule has 0 fully saturated rings. The van der Waals surface area contributed by atoms with Gasteiger partial charge in [0, 0.05) is 11.8 Å². The molecule has 0 saturated heterocycles. The summed E-state index contributed by atoms with van der Waals surface area (Å²) in [4.78, 5) is 4.43. The van der Waals surface area contributed by atoms with Gasteiger partial charge < -0.3 is 10.2 Å². The number of aromatic hydroxyl groups is 1. The van der Waals surface area contributed by atoms with Crippen molar-refractivity contribution in [3.8, 4) is 5.75 Å². The van der Waals surface area contributed by atoms with E-state index in [1.165, 1.54) is 0 Å². The van der Waals surface area contributed by atoms with Gasteiger partial charge in [-0.2, -0.15) is 0 Å². The van der Waals surface area contributed by atoms with Gasteiger partial charge in [0.1, 0.15) is 5.75 Å². The minimum absolute atomic E-state index is 0.0692. The molecule has 2 N–H and O–H groups in total. The highest BCUT2D eigenvalue weighted by Gasteiger charge is 2.19. The van der Waals surface area contributed by atoms with Gasteiger partial charge in [-0.05, 0) is 22.6 Å². The normalized spacial score (nSPS) is 13.5. The van der Waals surface area contributed by atoms with Gasteiger partial charge >= 0.3 is 0 Å². The summed E-state index contributed by atoms with van der Waals surface area (Å²) in [5, 5.41) is 20.0. The van der Waals surface area contributed by atoms with Gasteiger partial charge in [-0.15, -0.1) is 0 Å². The second-order valence-corrected chi connectivity index (χ2v) is 6.38. The first-order valence-electron chi connectivity index (χ1n) is 7.45. The Kier molecular flexibility index (Phi) is 4.99. The summed E-state index contributed by atoms with van der Waals surface area (Å²) >= 11 is 0. The molecule has 0 aromatic heterocycles. The van der Waals surface area contributed by atoms with Gasteiger partial charge in [0.2, 0.25) is 0 Å². The molecular formula is C19H23NO2. The van der Waals surface area contributed by atoms with Crippen LogP contribution in [0.15, 0.2) is 53.5 Å². The van der Waals surface area contributed by atoms with E-state index in [1.807, 2.05) is 48.5 Å². The Hall–Kier alpha value is -2.13. The van der Waals surface area contributed by atoms with Crippen LogP contribution >= 0.6 is 0 Å². The molecule has 22 heavy (non-hydrogen) atoms. The summed E-state index contributed by atoms with van der Waals surface area (Å²) < 4.78 is 0. The molecule has 3 heteroatoms. The molecule has 0 amide bonds. The molecule has 0 heterocycles. The number of para-hydroxylation sites is 1. The smallest absolute Gasteiger partial charge is 0.128 e. The maximum absolute atomic E-state index is 10.4. The van der Waals surface area contributed by atoms with Crippen molar-refractivity contribution in [2.75, 3.05) is 6.61 Å². The van der Waals surface area contributed by atoms with Gasteiger partial charge in [0.15, 0.2) is 0 Å². The molecule has 0 aliphatic carbocycles. The van der Waals surface area contributed by atoms with Crippen molar-refractivity contribution >= 4 is 6.21 Å². The summed E-state index contributed by atoms with van der Waals surface area (Å²) in [5.41, 5.74) is 2.37. The van der Waals surface area contributed by atoms with Gasteiger partial charge in [0.05, 0.1) is 12.6 Å². The standard InChI is InChI=1S/C19H23NO2/c1-19(2,3)16-11-7-10-15(18(16)22)12-20-17(13-21)14-8-5-4-6-9-14/h4-12,17,21-22H,13H2,1-3H3/t17-/m1/s1. The van der Waals surface area contributed by atoms with Crippen LogP contribution in [0.5, 0.6) is 5.75 Å². The summed E-state index contributed by atoms with van der Waals surface area (Å²) in [7, 11) is 0. The zero-order valence-electron chi connectivity index (χ0n) is 13.3. The van der Waals surface area contributed by atoms with Crippen molar-refractivity contribution in [1.82, 2.24) is 0 Å². The zero-order chi connectivity index (χ0) is 16.2. The lowest BCUT2D eigenvalue weighted by atomic mass is 9.85. The Balaban J connectivity index is 2.30. The molecule has 0 radical (unpaired) electrons. The number of benzene rings is 2. The van der Waals surface area contributed by atoms with Crippen molar-refractivity contribution < 1.29 is 10.2 Å². The van der Waals surface area contributed by atoms with Gasteiger partial charge in [0.25, 0.3) is 0 Å². The molecule has 0 saturated carbocycles. The topological polar surface area (TPSA) is 52.8 Å². The third-order valence-electron chi connectivity index (χ3n) is 3.63. The van der Waals surface area contributed by atoms with E-state index in [4.69, 9.17) is 0 Å². The third kappa shape index (κ3) is 3.74. The highest BCUT2D eigenvalue weighted by atomic mass is 16.3. The van der Waals surface area contributed by atoms with Crippen LogP contribution in [0.1, 0.15) is 43.5 Å². The second-order valence-electron chi connectivity index (χ2n) is 6.38. The van der Waals surface area contributed by atoms with E-state index in [2.05, 4.69) is 25.8 Å². The molecule has 0 spiro atoms. The second kappa shape index (κ2) is 6.75. The molecule has 1 atom stereocenters. The number of aliphatic hydroxyl groups excluding tert-OH is 1. The Labute approximate surface area is 132 Å². The number of hydrogen-bond donors (Lipinski definition) is 2. The summed E-state index contributed by atoms with van der Waals surface area (Å²) in [6.07, 6.45) is 1.64. The number of rotatable bonds is 4. The Bertz CT molecular complexity index is 642. The Morgan fingerprint density at radius 3 is 2.32 bits per heavy atom. The lowest BCUT2D eigenvalue weighted by Gasteiger charge is -2.21. The van der Waals surface area contributed by atoms with Gasteiger partial charge in [-0.1, -0.05) is 63.2 Å². The van der Waals surface area contributed by atoms with Gasteiger partial charge in [-0.25, -0.2) is 0 Å². The predicted molar refractivity (Wildman–Crippen MR) is 90.7 cm³/mol. The van der Waals surface area contributed by atoms with Crippen molar-refractivity contribution in [3.63, 3.8) is 0 Å². The van der Waals surface area contributed by atoms with Crippen molar-refractivity contribution in [3.05, 3.63) is 65.2 Å². The number of phenols is 1. The molecule has 0 bridgehead atoms. The first-order valence-corrected chi connectivity index (χ1v) is 7.45. The quantitative estimate of drug-likeness (QED) is 0.842. The number of nitrogens with zero attached hydrogens (tertiary/aromatic N) is 1. The lowest BCUT2D eigenvalue weighted by Crippen LogP contribution is -2.12. The number of aliphatic hydroxyl groups is 1. The van der Waals surface area contributed by atoms with E-state index < -0.39 is 0 Å². The van der Waals surface area contributed by atoms with Crippen LogP contribution in [0.2, 0.25) is 0 Å². The number of aliphatic imine (C=N–C) groups is 1. The molecule has 116 valence electrons. The molecule has 0 aliphatic rings. The molecule has 0 aliphatic heterocycles. The number of phenolic OH excluding ortho intramolecular Hbond substituents is 1. The summed E-state index contributed by atoms with van der Waals surface area (Å²) in [6, 6.07) is 15.0.